The molecule has 5 rings (SSSR count). The van der Waals surface area contributed by atoms with Crippen LogP contribution in [-0.2, 0) is 22.7 Å². The normalized spacial score (nSPS) is 19.1. The molecular formula is C33H40N4O5S. The first-order valence-corrected chi connectivity index (χ1v) is 15.6. The Balaban J connectivity index is 1.35. The molecule has 9 nitrogen and oxygen atoms in total. The summed E-state index contributed by atoms with van der Waals surface area (Å²) in [6.07, 6.45) is -0.783. The van der Waals surface area contributed by atoms with Crippen LogP contribution < -0.4 is 10.1 Å². The number of nitrogens with zero attached hydrogens (tertiary/aromatic N) is 3. The first kappa shape index (κ1) is 30.7. The molecule has 3 aromatic rings. The summed E-state index contributed by atoms with van der Waals surface area (Å²) in [5, 5.41) is 13.6. The summed E-state index contributed by atoms with van der Waals surface area (Å²) in [6, 6.07) is 11.6. The molecule has 10 heteroatoms. The van der Waals surface area contributed by atoms with Crippen LogP contribution in [0.1, 0.15) is 68.2 Å². The van der Waals surface area contributed by atoms with Crippen LogP contribution in [-0.4, -0.2) is 68.4 Å². The van der Waals surface area contributed by atoms with Crippen molar-refractivity contribution in [2.75, 3.05) is 6.54 Å². The smallest absolute Gasteiger partial charge is 0.255 e. The number of aliphatic hydroxyl groups excluding tert-OH is 1. The van der Waals surface area contributed by atoms with Crippen LogP contribution in [0.3, 0.4) is 0 Å². The number of likely N-dealkylation sites (tertiary alicyclic amines) is 1. The number of carbonyl (C=O) groups excluding carboxylic acids is 3. The van der Waals surface area contributed by atoms with Crippen LogP contribution in [0, 0.1) is 12.3 Å². The van der Waals surface area contributed by atoms with E-state index in [0.717, 1.165) is 27.3 Å². The highest BCUT2D eigenvalue weighted by Crippen LogP contribution is 2.36. The molecular weight excluding hydrogens is 564 g/mol. The second-order valence-corrected chi connectivity index (χ2v) is 13.6. The van der Waals surface area contributed by atoms with Gasteiger partial charge in [0.2, 0.25) is 11.8 Å². The Kier molecular flexibility index (Phi) is 8.63. The van der Waals surface area contributed by atoms with Gasteiger partial charge >= 0.3 is 0 Å². The van der Waals surface area contributed by atoms with Crippen LogP contribution in [0.15, 0.2) is 48.0 Å². The predicted octanol–water partition coefficient (Wildman–Crippen LogP) is 4.55. The molecule has 1 aromatic heterocycles. The van der Waals surface area contributed by atoms with Gasteiger partial charge in [-0.2, -0.15) is 0 Å². The van der Waals surface area contributed by atoms with Gasteiger partial charge in [0.05, 0.1) is 28.3 Å². The van der Waals surface area contributed by atoms with Crippen molar-refractivity contribution in [3.05, 3.63) is 70.4 Å². The molecule has 0 aliphatic carbocycles. The molecule has 0 bridgehead atoms. The minimum Gasteiger partial charge on any atom is -0.491 e. The zero-order valence-electron chi connectivity index (χ0n) is 25.6. The highest BCUT2D eigenvalue weighted by atomic mass is 32.1. The zero-order valence-corrected chi connectivity index (χ0v) is 26.4. The molecule has 43 heavy (non-hydrogen) atoms. The molecule has 0 radical (unpaired) electrons. The maximum atomic E-state index is 14.2. The average molecular weight is 605 g/mol. The van der Waals surface area contributed by atoms with Gasteiger partial charge < -0.3 is 25.0 Å². The van der Waals surface area contributed by atoms with Gasteiger partial charge in [0.1, 0.15) is 17.8 Å². The van der Waals surface area contributed by atoms with Gasteiger partial charge in [-0.3, -0.25) is 14.4 Å². The van der Waals surface area contributed by atoms with Crippen LogP contribution >= 0.6 is 11.3 Å². The third-order valence-corrected chi connectivity index (χ3v) is 8.95. The predicted molar refractivity (Wildman–Crippen MR) is 166 cm³/mol. The molecule has 3 heterocycles. The summed E-state index contributed by atoms with van der Waals surface area (Å²) in [6.45, 7) is 12.2. The maximum absolute atomic E-state index is 14.2. The number of aliphatic hydroxyl groups is 1. The molecule has 0 saturated carbocycles. The van der Waals surface area contributed by atoms with E-state index in [0.29, 0.717) is 17.9 Å². The lowest BCUT2D eigenvalue weighted by Crippen LogP contribution is -2.57. The summed E-state index contributed by atoms with van der Waals surface area (Å²) in [5.74, 6) is -0.218. The summed E-state index contributed by atoms with van der Waals surface area (Å²) < 4.78 is 6.11. The maximum Gasteiger partial charge on any atom is 0.255 e. The van der Waals surface area contributed by atoms with E-state index in [1.54, 1.807) is 22.3 Å². The average Bonchev–Trinajstić information content (AvgIpc) is 3.64. The Morgan fingerprint density at radius 2 is 1.93 bits per heavy atom. The number of amides is 3. The number of thiazole rings is 1. The number of benzene rings is 2. The van der Waals surface area contributed by atoms with Crippen molar-refractivity contribution in [2.24, 2.45) is 5.41 Å². The standard InChI is InChI=1S/C33H40N4O5S/c1-19(2)42-27-13-21(28-20(3)35-18-43-28)11-12-22(27)15-34-30(39)26-14-24(38)17-36(26)32(41)29(33(4,5)6)37-16-23-9-7-8-10-25(23)31(37)40/h7-13,18-19,24,26,29,38H,14-17H2,1-6H3,(H,34,39)/t24-,26?,29-/m1/s1. The fourth-order valence-corrected chi connectivity index (χ4v) is 6.81. The van der Waals surface area contributed by atoms with Gasteiger partial charge in [-0.15, -0.1) is 11.3 Å². The number of aryl methyl sites for hydroxylation is 1. The highest BCUT2D eigenvalue weighted by Gasteiger charge is 2.48. The summed E-state index contributed by atoms with van der Waals surface area (Å²) >= 11 is 1.56. The minimum atomic E-state index is -0.860. The van der Waals surface area contributed by atoms with E-state index in [2.05, 4.69) is 10.3 Å². The minimum absolute atomic E-state index is 0.0308. The zero-order chi connectivity index (χ0) is 31.1. The van der Waals surface area contributed by atoms with Crippen molar-refractivity contribution < 1.29 is 24.2 Å². The lowest BCUT2D eigenvalue weighted by Gasteiger charge is -2.40. The molecule has 2 aliphatic rings. The van der Waals surface area contributed by atoms with Crippen molar-refractivity contribution >= 4 is 29.1 Å². The molecule has 2 aromatic carbocycles. The molecule has 3 amide bonds. The number of rotatable bonds is 8. The highest BCUT2D eigenvalue weighted by molar-refractivity contribution is 7.13. The van der Waals surface area contributed by atoms with Gasteiger partial charge in [0.15, 0.2) is 0 Å². The number of aromatic nitrogens is 1. The molecule has 2 aliphatic heterocycles. The van der Waals surface area contributed by atoms with Gasteiger partial charge in [-0.05, 0) is 49.4 Å². The fourth-order valence-electron chi connectivity index (χ4n) is 6.00. The molecule has 3 atom stereocenters. The molecule has 228 valence electrons. The molecule has 0 spiro atoms. The number of ether oxygens (including phenoxy) is 1. The number of hydrogen-bond donors (Lipinski definition) is 2. The summed E-state index contributed by atoms with van der Waals surface area (Å²) in [4.78, 5) is 49.6. The Labute approximate surface area is 256 Å². The molecule has 1 saturated heterocycles. The van der Waals surface area contributed by atoms with Crippen LogP contribution in [0.4, 0.5) is 0 Å². The van der Waals surface area contributed by atoms with Crippen molar-refractivity contribution in [2.45, 2.75) is 85.3 Å². The first-order valence-electron chi connectivity index (χ1n) is 14.7. The third-order valence-electron chi connectivity index (χ3n) is 7.97. The fraction of sp³-hybridized carbons (Fsp3) is 0.455. The van der Waals surface area contributed by atoms with Crippen LogP contribution in [0.2, 0.25) is 0 Å². The summed E-state index contributed by atoms with van der Waals surface area (Å²) in [7, 11) is 0. The van der Waals surface area contributed by atoms with Crippen LogP contribution in [0.5, 0.6) is 5.75 Å². The third kappa shape index (κ3) is 6.31. The quantitative estimate of drug-likeness (QED) is 0.390. The van der Waals surface area contributed by atoms with Crippen molar-refractivity contribution in [1.82, 2.24) is 20.1 Å². The van der Waals surface area contributed by atoms with E-state index in [1.165, 1.54) is 4.90 Å². The van der Waals surface area contributed by atoms with Crippen molar-refractivity contribution in [3.8, 4) is 16.2 Å². The van der Waals surface area contributed by atoms with E-state index < -0.39 is 23.6 Å². The molecule has 2 N–H and O–H groups in total. The van der Waals surface area contributed by atoms with Gasteiger partial charge in [0.25, 0.3) is 5.91 Å². The Morgan fingerprint density at radius 3 is 2.58 bits per heavy atom. The monoisotopic (exact) mass is 604 g/mol. The number of carbonyl (C=O) groups is 3. The second kappa shape index (κ2) is 12.1. The van der Waals surface area contributed by atoms with Gasteiger partial charge in [-0.25, -0.2) is 4.98 Å². The number of fused-ring (bicyclic) bond motifs is 1. The van der Waals surface area contributed by atoms with Crippen molar-refractivity contribution in [1.29, 1.82) is 0 Å². The molecule has 1 fully saturated rings. The number of nitrogens with one attached hydrogen (secondary N) is 1. The lowest BCUT2D eigenvalue weighted by molar-refractivity contribution is -0.145. The Bertz CT molecular complexity index is 1530. The SMILES string of the molecule is Cc1ncsc1-c1ccc(CNC(=O)C2C[C@@H](O)CN2C(=O)[C@@H](N2Cc3ccccc3C2=O)C(C)(C)C)c(OC(C)C)c1. The Hall–Kier alpha value is -3.76. The van der Waals surface area contributed by atoms with E-state index in [-0.39, 0.29) is 43.3 Å². The van der Waals surface area contributed by atoms with E-state index in [4.69, 9.17) is 4.74 Å². The summed E-state index contributed by atoms with van der Waals surface area (Å²) in [5.41, 5.74) is 5.42. The largest absolute Gasteiger partial charge is 0.491 e. The van der Waals surface area contributed by atoms with E-state index in [9.17, 15) is 19.5 Å². The number of hydrogen-bond acceptors (Lipinski definition) is 7. The van der Waals surface area contributed by atoms with Crippen LogP contribution in [0.25, 0.3) is 10.4 Å². The lowest BCUT2D eigenvalue weighted by atomic mass is 9.84. The van der Waals surface area contributed by atoms with Gasteiger partial charge in [-0.1, -0.05) is 51.1 Å². The van der Waals surface area contributed by atoms with Gasteiger partial charge in [0, 0.05) is 37.2 Å². The number of β-amino-alcohol motifs (C(OH)–C–C–N with tert-alkyl or cyclic N) is 1. The molecule has 1 unspecified atom stereocenters. The first-order chi connectivity index (χ1) is 20.3. The van der Waals surface area contributed by atoms with E-state index >= 15 is 0 Å². The van der Waals surface area contributed by atoms with E-state index in [1.807, 2.05) is 83.5 Å². The topological polar surface area (TPSA) is 112 Å². The second-order valence-electron chi connectivity index (χ2n) is 12.7. The Morgan fingerprint density at radius 1 is 1.19 bits per heavy atom. The van der Waals surface area contributed by atoms with Crippen molar-refractivity contribution in [3.63, 3.8) is 0 Å².